The molecule has 9 aromatic carbocycles. The Bertz CT molecular complexity index is 3580. The number of nitrogens with zero attached hydrogens (tertiary/aromatic N) is 3. The minimum Gasteiger partial charge on any atom is -0.456 e. The summed E-state index contributed by atoms with van der Waals surface area (Å²) in [5.41, 5.74) is 8.78. The van der Waals surface area contributed by atoms with Gasteiger partial charge in [-0.05, 0) is 92.3 Å². The van der Waals surface area contributed by atoms with E-state index in [1.165, 1.54) is 36.3 Å². The van der Waals surface area contributed by atoms with E-state index in [0.717, 1.165) is 66.3 Å². The molecule has 270 valence electrons. The summed E-state index contributed by atoms with van der Waals surface area (Å²) in [5, 5.41) is 9.23. The normalized spacial score (nSPS) is 11.8. The molecule has 0 saturated carbocycles. The predicted molar refractivity (Wildman–Crippen MR) is 242 cm³/mol. The Morgan fingerprint density at radius 1 is 0.345 bits per heavy atom. The van der Waals surface area contributed by atoms with E-state index in [1.54, 1.807) is 0 Å². The quantitative estimate of drug-likeness (QED) is 0.175. The molecule has 12 aromatic rings. The Labute approximate surface area is 337 Å². The molecule has 0 aliphatic heterocycles. The van der Waals surface area contributed by atoms with Crippen LogP contribution in [0.4, 0.5) is 0 Å². The summed E-state index contributed by atoms with van der Waals surface area (Å²) in [6.45, 7) is 0. The third-order valence-electron chi connectivity index (χ3n) is 11.3. The fraction of sp³-hybridized carbons (Fsp3) is 0. The van der Waals surface area contributed by atoms with Crippen LogP contribution < -0.4 is 0 Å². The highest BCUT2D eigenvalue weighted by Crippen LogP contribution is 2.44. The van der Waals surface area contributed by atoms with Gasteiger partial charge in [-0.1, -0.05) is 140 Å². The molecule has 0 spiro atoms. The number of aromatic nitrogens is 3. The molecule has 0 saturated heterocycles. The van der Waals surface area contributed by atoms with E-state index in [4.69, 9.17) is 19.4 Å². The van der Waals surface area contributed by atoms with Crippen molar-refractivity contribution in [1.82, 2.24) is 15.0 Å². The average Bonchev–Trinajstić information content (AvgIpc) is 3.86. The van der Waals surface area contributed by atoms with Crippen molar-refractivity contribution in [2.45, 2.75) is 0 Å². The monoisotopic (exact) mass is 757 g/mol. The van der Waals surface area contributed by atoms with Crippen LogP contribution in [0.1, 0.15) is 0 Å². The molecule has 4 nitrogen and oxygen atoms in total. The second-order valence-electron chi connectivity index (χ2n) is 14.8. The van der Waals surface area contributed by atoms with Crippen molar-refractivity contribution in [3.05, 3.63) is 188 Å². The van der Waals surface area contributed by atoms with Crippen molar-refractivity contribution in [3.8, 4) is 56.4 Å². The number of hydrogen-bond donors (Lipinski definition) is 0. The lowest BCUT2D eigenvalue weighted by molar-refractivity contribution is 0.669. The standard InChI is InChI=1S/C53H31N3OS/c1-3-11-36-29-38(23-19-32(36)9-1)34-17-21-35(22-18-34)51-54-52(40-24-20-33-10-2-4-12-37(33)30-40)56-53(55-51)50-41(26-27-46-49(50)43-14-5-7-15-45(43)57-46)39-25-28-48-44(31-39)42-13-6-8-16-47(42)58-48/h1-31H. The first kappa shape index (κ1) is 32.7. The van der Waals surface area contributed by atoms with Crippen LogP contribution in [-0.2, 0) is 0 Å². The molecule has 12 rings (SSSR count). The summed E-state index contributed by atoms with van der Waals surface area (Å²) in [6, 6.07) is 66.4. The number of fused-ring (bicyclic) bond motifs is 8. The van der Waals surface area contributed by atoms with Gasteiger partial charge < -0.3 is 4.42 Å². The van der Waals surface area contributed by atoms with Gasteiger partial charge in [-0.15, -0.1) is 11.3 Å². The maximum Gasteiger partial charge on any atom is 0.165 e. The Morgan fingerprint density at radius 3 is 1.71 bits per heavy atom. The minimum absolute atomic E-state index is 0.592. The first-order valence-electron chi connectivity index (χ1n) is 19.4. The highest BCUT2D eigenvalue weighted by molar-refractivity contribution is 7.25. The SMILES string of the molecule is c1ccc2cc(-c3ccc(-c4nc(-c5ccc6ccccc6c5)nc(-c5c(-c6ccc7sc8ccccc8c7c6)ccc6oc7ccccc7c56)n4)cc3)ccc2c1. The smallest absolute Gasteiger partial charge is 0.165 e. The van der Waals surface area contributed by atoms with E-state index in [0.29, 0.717) is 17.5 Å². The van der Waals surface area contributed by atoms with Gasteiger partial charge in [-0.2, -0.15) is 0 Å². The summed E-state index contributed by atoms with van der Waals surface area (Å²) in [7, 11) is 0. The van der Waals surface area contributed by atoms with Gasteiger partial charge in [-0.25, -0.2) is 15.0 Å². The van der Waals surface area contributed by atoms with Crippen LogP contribution in [-0.4, -0.2) is 15.0 Å². The van der Waals surface area contributed by atoms with E-state index in [1.807, 2.05) is 23.5 Å². The van der Waals surface area contributed by atoms with Crippen molar-refractivity contribution in [3.63, 3.8) is 0 Å². The Morgan fingerprint density at radius 2 is 0.914 bits per heavy atom. The fourth-order valence-corrected chi connectivity index (χ4v) is 9.52. The maximum absolute atomic E-state index is 6.51. The van der Waals surface area contributed by atoms with Crippen molar-refractivity contribution in [2.75, 3.05) is 0 Å². The lowest BCUT2D eigenvalue weighted by atomic mass is 9.93. The summed E-state index contributed by atoms with van der Waals surface area (Å²) in [4.78, 5) is 15.9. The van der Waals surface area contributed by atoms with Gasteiger partial charge in [0.05, 0.1) is 0 Å². The molecular formula is C53H31N3OS. The summed E-state index contributed by atoms with van der Waals surface area (Å²) < 4.78 is 9.05. The number of para-hydroxylation sites is 1. The largest absolute Gasteiger partial charge is 0.456 e. The molecule has 0 aliphatic carbocycles. The molecule has 0 fully saturated rings. The molecule has 0 aliphatic rings. The molecule has 5 heteroatoms. The number of rotatable bonds is 5. The average molecular weight is 758 g/mol. The van der Waals surface area contributed by atoms with Crippen LogP contribution in [0.3, 0.4) is 0 Å². The first-order chi connectivity index (χ1) is 28.7. The summed E-state index contributed by atoms with van der Waals surface area (Å²) >= 11 is 1.82. The molecule has 0 radical (unpaired) electrons. The summed E-state index contributed by atoms with van der Waals surface area (Å²) in [6.07, 6.45) is 0. The molecule has 0 N–H and O–H groups in total. The predicted octanol–water partition coefficient (Wildman–Crippen LogP) is 14.8. The Kier molecular flexibility index (Phi) is 7.37. The van der Waals surface area contributed by atoms with Crippen LogP contribution in [0.5, 0.6) is 0 Å². The number of thiophene rings is 1. The molecule has 0 amide bonds. The van der Waals surface area contributed by atoms with Gasteiger partial charge in [0.25, 0.3) is 0 Å². The molecule has 3 aromatic heterocycles. The molecular weight excluding hydrogens is 727 g/mol. The summed E-state index contributed by atoms with van der Waals surface area (Å²) in [5.74, 6) is 1.81. The van der Waals surface area contributed by atoms with Crippen LogP contribution in [0.25, 0.3) is 120 Å². The van der Waals surface area contributed by atoms with Crippen LogP contribution in [0.2, 0.25) is 0 Å². The van der Waals surface area contributed by atoms with Crippen molar-refractivity contribution >= 4 is 75.0 Å². The van der Waals surface area contributed by atoms with Gasteiger partial charge in [0.1, 0.15) is 11.2 Å². The zero-order chi connectivity index (χ0) is 38.2. The van der Waals surface area contributed by atoms with Gasteiger partial charge in [0.15, 0.2) is 17.5 Å². The second-order valence-corrected chi connectivity index (χ2v) is 15.9. The molecule has 0 atom stereocenters. The van der Waals surface area contributed by atoms with Gasteiger partial charge in [0.2, 0.25) is 0 Å². The van der Waals surface area contributed by atoms with Gasteiger partial charge in [0, 0.05) is 47.6 Å². The first-order valence-corrected chi connectivity index (χ1v) is 20.2. The lowest BCUT2D eigenvalue weighted by Crippen LogP contribution is -2.01. The highest BCUT2D eigenvalue weighted by atomic mass is 32.1. The van der Waals surface area contributed by atoms with Crippen molar-refractivity contribution < 1.29 is 4.42 Å². The number of hydrogen-bond acceptors (Lipinski definition) is 5. The highest BCUT2D eigenvalue weighted by Gasteiger charge is 2.23. The van der Waals surface area contributed by atoms with Gasteiger partial charge in [-0.3, -0.25) is 0 Å². The fourth-order valence-electron chi connectivity index (χ4n) is 8.44. The zero-order valence-electron chi connectivity index (χ0n) is 31.1. The van der Waals surface area contributed by atoms with Crippen molar-refractivity contribution in [2.24, 2.45) is 0 Å². The molecule has 0 bridgehead atoms. The molecule has 3 heterocycles. The van der Waals surface area contributed by atoms with Gasteiger partial charge >= 0.3 is 0 Å². The second kappa shape index (κ2) is 13.1. The third kappa shape index (κ3) is 5.40. The molecule has 58 heavy (non-hydrogen) atoms. The van der Waals surface area contributed by atoms with Crippen LogP contribution in [0.15, 0.2) is 192 Å². The number of benzene rings is 9. The van der Waals surface area contributed by atoms with Crippen molar-refractivity contribution in [1.29, 1.82) is 0 Å². The maximum atomic E-state index is 6.51. The topological polar surface area (TPSA) is 51.8 Å². The Hall–Kier alpha value is -7.47. The third-order valence-corrected chi connectivity index (χ3v) is 12.5. The van der Waals surface area contributed by atoms with E-state index in [9.17, 15) is 0 Å². The van der Waals surface area contributed by atoms with E-state index in [2.05, 4.69) is 176 Å². The van der Waals surface area contributed by atoms with E-state index in [-0.39, 0.29) is 0 Å². The lowest BCUT2D eigenvalue weighted by Gasteiger charge is -2.14. The van der Waals surface area contributed by atoms with Crippen LogP contribution >= 0.6 is 11.3 Å². The van der Waals surface area contributed by atoms with E-state index >= 15 is 0 Å². The molecule has 0 unspecified atom stereocenters. The number of furan rings is 1. The van der Waals surface area contributed by atoms with E-state index < -0.39 is 0 Å². The van der Waals surface area contributed by atoms with Crippen LogP contribution in [0, 0.1) is 0 Å². The minimum atomic E-state index is 0.592. The Balaban J connectivity index is 1.10. The zero-order valence-corrected chi connectivity index (χ0v) is 31.9.